The summed E-state index contributed by atoms with van der Waals surface area (Å²) in [6, 6.07) is 7.81. The molecule has 2 rings (SSSR count). The third-order valence-electron chi connectivity index (χ3n) is 4.64. The van der Waals surface area contributed by atoms with Gasteiger partial charge in [-0.1, -0.05) is 69.5 Å². The molecule has 0 spiro atoms. The predicted octanol–water partition coefficient (Wildman–Crippen LogP) is 4.78. The second-order valence-corrected chi connectivity index (χ2v) is 6.46. The zero-order valence-corrected chi connectivity index (χ0v) is 20.9. The Morgan fingerprint density at radius 3 is 2.42 bits per heavy atom. The van der Waals surface area contributed by atoms with Crippen molar-refractivity contribution >= 4 is 37.0 Å². The molecule has 5 heteroatoms. The van der Waals surface area contributed by atoms with Crippen LogP contribution in [0.15, 0.2) is 48.6 Å². The molecule has 0 saturated heterocycles. The number of allylic oxidation sites excluding steroid dienone is 2. The molecule has 0 atom stereocenters. The smallest absolute Gasteiger partial charge is 0.212 e. The highest BCUT2D eigenvalue weighted by molar-refractivity contribution is 5.99. The van der Waals surface area contributed by atoms with Crippen molar-refractivity contribution in [2.75, 3.05) is 13.7 Å². The molecule has 33 heavy (non-hydrogen) atoms. The Morgan fingerprint density at radius 1 is 1.24 bits per heavy atom. The highest BCUT2D eigenvalue weighted by atomic mass is 16.5. The summed E-state index contributed by atoms with van der Waals surface area (Å²) in [7, 11) is 1.50. The Balaban J connectivity index is 0.00000242. The molecule has 1 aromatic carbocycles. The topological polar surface area (TPSA) is 81.1 Å². The lowest BCUT2D eigenvalue weighted by Gasteiger charge is -2.13. The predicted molar refractivity (Wildman–Crippen MR) is 144 cm³/mol. The Kier molecular flexibility index (Phi) is 14.5. The van der Waals surface area contributed by atoms with Gasteiger partial charge in [0.15, 0.2) is 6.29 Å². The summed E-state index contributed by atoms with van der Waals surface area (Å²) in [6.45, 7) is 18.6. The van der Waals surface area contributed by atoms with E-state index in [1.54, 1.807) is 6.07 Å². The number of carbonyl (C=O) groups is 1. The molecule has 0 aliphatic carbocycles. The standard InChI is InChI=1S/C25H28N2O2.C2H6.CH5N/c1-6-11-23-19(7-2)12-10-13-21(23)16-27-22(17-28)14-18(5)24(27)15-20(8-3)25(26)29-9-4;2*1-2/h6-8,10-15,17,26H,2,5,9,16H2,1,3-4H3;1-2H3;2H2,1H3/b11-6-,20-8+,24-15+,26-25?;;. The minimum atomic E-state index is 0.0954. The fraction of sp³-hybridized carbons (Fsp3) is 0.286. The number of benzene rings is 1. The maximum atomic E-state index is 11.7. The Bertz CT molecular complexity index is 1090. The van der Waals surface area contributed by atoms with Gasteiger partial charge in [0.1, 0.15) is 0 Å². The average Bonchev–Trinajstić information content (AvgIpc) is 3.15. The summed E-state index contributed by atoms with van der Waals surface area (Å²) in [5.41, 5.74) is 8.85. The first kappa shape index (κ1) is 29.6. The largest absolute Gasteiger partial charge is 0.478 e. The van der Waals surface area contributed by atoms with Crippen molar-refractivity contribution in [3.05, 3.63) is 81.5 Å². The number of nitrogens with zero attached hydrogens (tertiary/aromatic N) is 1. The van der Waals surface area contributed by atoms with E-state index in [1.165, 1.54) is 7.05 Å². The van der Waals surface area contributed by atoms with E-state index in [-0.39, 0.29) is 5.90 Å². The molecule has 0 unspecified atom stereocenters. The van der Waals surface area contributed by atoms with Gasteiger partial charge in [-0.15, -0.1) is 0 Å². The quantitative estimate of drug-likeness (QED) is 0.346. The molecule has 5 nitrogen and oxygen atoms in total. The third kappa shape index (κ3) is 7.88. The van der Waals surface area contributed by atoms with E-state index in [0.717, 1.165) is 33.5 Å². The molecular weight excluding hydrogens is 410 g/mol. The van der Waals surface area contributed by atoms with Gasteiger partial charge in [-0.2, -0.15) is 0 Å². The molecule has 0 fully saturated rings. The van der Waals surface area contributed by atoms with Crippen LogP contribution in [0.4, 0.5) is 0 Å². The molecule has 0 aliphatic rings. The van der Waals surface area contributed by atoms with Gasteiger partial charge >= 0.3 is 0 Å². The number of nitrogens with two attached hydrogens (primary N) is 1. The van der Waals surface area contributed by atoms with Crippen LogP contribution in [-0.4, -0.2) is 30.4 Å². The van der Waals surface area contributed by atoms with Gasteiger partial charge in [-0.25, -0.2) is 0 Å². The van der Waals surface area contributed by atoms with Gasteiger partial charge in [0.05, 0.1) is 12.3 Å². The van der Waals surface area contributed by atoms with Gasteiger partial charge in [0, 0.05) is 17.5 Å². The Morgan fingerprint density at radius 2 is 1.91 bits per heavy atom. The van der Waals surface area contributed by atoms with Crippen LogP contribution >= 0.6 is 0 Å². The van der Waals surface area contributed by atoms with Gasteiger partial charge in [0.25, 0.3) is 0 Å². The van der Waals surface area contributed by atoms with E-state index >= 15 is 0 Å². The number of nitrogens with one attached hydrogen (secondary N) is 1. The zero-order chi connectivity index (χ0) is 25.4. The third-order valence-corrected chi connectivity index (χ3v) is 4.64. The second kappa shape index (κ2) is 16.2. The van der Waals surface area contributed by atoms with Crippen molar-refractivity contribution < 1.29 is 9.53 Å². The summed E-state index contributed by atoms with van der Waals surface area (Å²) < 4.78 is 7.27. The molecular formula is C28H39N3O2. The lowest BCUT2D eigenvalue weighted by atomic mass is 10.00. The maximum absolute atomic E-state index is 11.7. The number of hydrogen-bond acceptors (Lipinski definition) is 4. The molecule has 2 aromatic rings. The maximum Gasteiger partial charge on any atom is 0.212 e. The van der Waals surface area contributed by atoms with Crippen molar-refractivity contribution in [2.45, 2.75) is 41.2 Å². The van der Waals surface area contributed by atoms with E-state index in [0.29, 0.717) is 24.4 Å². The minimum absolute atomic E-state index is 0.0954. The van der Waals surface area contributed by atoms with Crippen LogP contribution in [-0.2, 0) is 11.3 Å². The van der Waals surface area contributed by atoms with Crippen LogP contribution < -0.4 is 16.3 Å². The van der Waals surface area contributed by atoms with Crippen LogP contribution in [0.2, 0.25) is 0 Å². The molecule has 178 valence electrons. The molecule has 1 heterocycles. The average molecular weight is 450 g/mol. The number of aromatic nitrogens is 1. The van der Waals surface area contributed by atoms with Gasteiger partial charge in [0.2, 0.25) is 5.90 Å². The monoisotopic (exact) mass is 449 g/mol. The molecule has 0 bridgehead atoms. The highest BCUT2D eigenvalue weighted by Gasteiger charge is 2.11. The number of ether oxygens (including phenoxy) is 1. The van der Waals surface area contributed by atoms with Crippen molar-refractivity contribution in [3.8, 4) is 0 Å². The summed E-state index contributed by atoms with van der Waals surface area (Å²) in [5, 5.41) is 9.61. The fourth-order valence-corrected chi connectivity index (χ4v) is 3.23. The molecule has 1 aromatic heterocycles. The Hall–Kier alpha value is -3.44. The van der Waals surface area contributed by atoms with Gasteiger partial charge < -0.3 is 15.0 Å². The summed E-state index contributed by atoms with van der Waals surface area (Å²) >= 11 is 0. The van der Waals surface area contributed by atoms with Crippen LogP contribution in [0, 0.1) is 5.41 Å². The van der Waals surface area contributed by atoms with Gasteiger partial charge in [-0.05, 0) is 61.9 Å². The number of rotatable bonds is 8. The van der Waals surface area contributed by atoms with E-state index in [4.69, 9.17) is 10.1 Å². The lowest BCUT2D eigenvalue weighted by Crippen LogP contribution is -2.30. The van der Waals surface area contributed by atoms with E-state index in [1.807, 2.05) is 87.8 Å². The highest BCUT2D eigenvalue weighted by Crippen LogP contribution is 2.19. The number of aldehydes is 1. The van der Waals surface area contributed by atoms with Crippen molar-refractivity contribution in [1.82, 2.24) is 4.57 Å². The van der Waals surface area contributed by atoms with Crippen LogP contribution in [0.5, 0.6) is 0 Å². The normalized spacial score (nSPS) is 11.2. The van der Waals surface area contributed by atoms with Gasteiger partial charge in [-0.3, -0.25) is 10.2 Å². The van der Waals surface area contributed by atoms with Crippen LogP contribution in [0.25, 0.3) is 24.8 Å². The van der Waals surface area contributed by atoms with Crippen LogP contribution in [0.1, 0.15) is 61.8 Å². The lowest BCUT2D eigenvalue weighted by molar-refractivity contribution is 0.111. The molecule has 0 saturated carbocycles. The molecule has 0 radical (unpaired) electrons. The van der Waals surface area contributed by atoms with E-state index in [2.05, 4.69) is 18.9 Å². The SMILES string of the molecule is C=Cc1cccc(Cn2c(C=O)cc(=C)/c2=C\C(=C/C)C(=N)OCC)c1/C=C\C.CC.CN. The second-order valence-electron chi connectivity index (χ2n) is 6.46. The Labute approximate surface area is 198 Å². The van der Waals surface area contributed by atoms with E-state index < -0.39 is 0 Å². The minimum Gasteiger partial charge on any atom is -0.478 e. The fourth-order valence-electron chi connectivity index (χ4n) is 3.23. The van der Waals surface area contributed by atoms with Crippen LogP contribution in [0.3, 0.4) is 0 Å². The summed E-state index contributed by atoms with van der Waals surface area (Å²) in [4.78, 5) is 11.7. The van der Waals surface area contributed by atoms with Crippen molar-refractivity contribution in [3.63, 3.8) is 0 Å². The molecule has 3 N–H and O–H groups in total. The summed E-state index contributed by atoms with van der Waals surface area (Å²) in [5.74, 6) is 0.0954. The molecule has 0 amide bonds. The number of hydrogen-bond donors (Lipinski definition) is 2. The first-order chi connectivity index (χ1) is 16.0. The first-order valence-electron chi connectivity index (χ1n) is 11.2. The summed E-state index contributed by atoms with van der Waals surface area (Å²) in [6.07, 6.45) is 10.4. The molecule has 0 aliphatic heterocycles. The van der Waals surface area contributed by atoms with E-state index in [9.17, 15) is 4.79 Å². The van der Waals surface area contributed by atoms with Crippen molar-refractivity contribution in [1.29, 1.82) is 5.41 Å². The van der Waals surface area contributed by atoms with Crippen molar-refractivity contribution in [2.24, 2.45) is 5.73 Å². The first-order valence-corrected chi connectivity index (χ1v) is 11.2. The zero-order valence-electron chi connectivity index (χ0n) is 20.9. The number of carbonyl (C=O) groups excluding carboxylic acids is 1.